The van der Waals surface area contributed by atoms with Crippen LogP contribution in [0.3, 0.4) is 0 Å². The van der Waals surface area contributed by atoms with Crippen molar-refractivity contribution in [1.29, 1.82) is 0 Å². The number of hydrogen-bond acceptors (Lipinski definition) is 6. The first-order valence-corrected chi connectivity index (χ1v) is 6.33. The van der Waals surface area contributed by atoms with E-state index >= 15 is 0 Å². The summed E-state index contributed by atoms with van der Waals surface area (Å²) in [4.78, 5) is 0. The maximum absolute atomic E-state index is 13.7. The fraction of sp³-hybridized carbons (Fsp3) is 0.231. The maximum Gasteiger partial charge on any atom is 0.200 e. The first kappa shape index (κ1) is 13.2. The minimum Gasteiger partial charge on any atom is -0.494 e. The summed E-state index contributed by atoms with van der Waals surface area (Å²) in [6.45, 7) is 1.91. The molecule has 1 N–H and O–H groups in total. The monoisotopic (exact) mass is 288 g/mol. The topological polar surface area (TPSA) is 77.2 Å². The summed E-state index contributed by atoms with van der Waals surface area (Å²) < 4.78 is 19.9. The molecular formula is C13H13FN6O. The van der Waals surface area contributed by atoms with E-state index in [4.69, 9.17) is 4.74 Å². The Balaban J connectivity index is 1.81. The Labute approximate surface area is 119 Å². The third kappa shape index (κ3) is 2.60. The zero-order valence-electron chi connectivity index (χ0n) is 11.5. The quantitative estimate of drug-likeness (QED) is 0.789. The van der Waals surface area contributed by atoms with Crippen molar-refractivity contribution in [2.75, 3.05) is 12.4 Å². The first-order valence-electron chi connectivity index (χ1n) is 6.33. The second kappa shape index (κ2) is 5.31. The van der Waals surface area contributed by atoms with Crippen molar-refractivity contribution in [1.82, 2.24) is 25.3 Å². The van der Waals surface area contributed by atoms with Crippen LogP contribution in [0.2, 0.25) is 0 Å². The van der Waals surface area contributed by atoms with Crippen molar-refractivity contribution < 1.29 is 9.13 Å². The highest BCUT2D eigenvalue weighted by molar-refractivity contribution is 5.44. The summed E-state index contributed by atoms with van der Waals surface area (Å²) in [7, 11) is 1.44. The third-order valence-corrected chi connectivity index (χ3v) is 3.11. The first-order chi connectivity index (χ1) is 10.2. The van der Waals surface area contributed by atoms with Crippen LogP contribution in [0.15, 0.2) is 30.3 Å². The van der Waals surface area contributed by atoms with E-state index in [-0.39, 0.29) is 11.8 Å². The van der Waals surface area contributed by atoms with E-state index in [9.17, 15) is 4.39 Å². The highest BCUT2D eigenvalue weighted by atomic mass is 19.1. The number of nitrogens with one attached hydrogen (secondary N) is 1. The fourth-order valence-electron chi connectivity index (χ4n) is 1.98. The average Bonchev–Trinajstić information content (AvgIpc) is 2.94. The van der Waals surface area contributed by atoms with E-state index in [1.165, 1.54) is 17.8 Å². The molecule has 1 aromatic carbocycles. The number of halogens is 1. The van der Waals surface area contributed by atoms with Crippen LogP contribution < -0.4 is 10.1 Å². The molecule has 0 saturated carbocycles. The van der Waals surface area contributed by atoms with E-state index < -0.39 is 5.82 Å². The molecule has 108 valence electrons. The lowest BCUT2D eigenvalue weighted by Gasteiger charge is -2.15. The Kier molecular flexibility index (Phi) is 3.35. The molecule has 0 fully saturated rings. The normalized spacial score (nSPS) is 12.3. The van der Waals surface area contributed by atoms with Crippen molar-refractivity contribution in [3.05, 3.63) is 41.7 Å². The van der Waals surface area contributed by atoms with Gasteiger partial charge in [0.1, 0.15) is 5.82 Å². The van der Waals surface area contributed by atoms with Crippen LogP contribution in [0.4, 0.5) is 10.2 Å². The Bertz CT molecular complexity index is 774. The van der Waals surface area contributed by atoms with E-state index in [1.807, 2.05) is 6.92 Å². The minimum absolute atomic E-state index is 0.133. The molecule has 0 spiro atoms. The van der Waals surface area contributed by atoms with Crippen molar-refractivity contribution in [3.63, 3.8) is 0 Å². The molecule has 0 bridgehead atoms. The van der Waals surface area contributed by atoms with Crippen LogP contribution >= 0.6 is 0 Å². The molecule has 3 aromatic rings. The standard InChI is InChI=1S/C13H13FN6O/c1-8(9-3-4-11(21-2)10(14)7-9)15-12-5-6-13-16-18-19-20(13)17-12/h3-8H,1-2H3,(H,15,17). The lowest BCUT2D eigenvalue weighted by atomic mass is 10.1. The number of anilines is 1. The van der Waals surface area contributed by atoms with Gasteiger partial charge < -0.3 is 10.1 Å². The van der Waals surface area contributed by atoms with E-state index in [0.717, 1.165) is 5.56 Å². The molecule has 3 rings (SSSR count). The average molecular weight is 288 g/mol. The van der Waals surface area contributed by atoms with Gasteiger partial charge in [0.15, 0.2) is 17.2 Å². The van der Waals surface area contributed by atoms with E-state index in [2.05, 4.69) is 25.9 Å². The van der Waals surface area contributed by atoms with Crippen LogP contribution in [-0.2, 0) is 0 Å². The lowest BCUT2D eigenvalue weighted by molar-refractivity contribution is 0.386. The second-order valence-electron chi connectivity index (χ2n) is 4.51. The van der Waals surface area contributed by atoms with Gasteiger partial charge in [0, 0.05) is 0 Å². The van der Waals surface area contributed by atoms with Gasteiger partial charge in [0.05, 0.1) is 13.2 Å². The van der Waals surface area contributed by atoms with Gasteiger partial charge in [-0.1, -0.05) is 6.07 Å². The minimum atomic E-state index is -0.396. The molecule has 0 aliphatic heterocycles. The zero-order chi connectivity index (χ0) is 14.8. The van der Waals surface area contributed by atoms with Gasteiger partial charge in [0.2, 0.25) is 0 Å². The zero-order valence-corrected chi connectivity index (χ0v) is 11.5. The summed E-state index contributed by atoms with van der Waals surface area (Å²) in [5, 5.41) is 18.4. The SMILES string of the molecule is COc1ccc(C(C)Nc2ccc3nnnn3n2)cc1F. The number of rotatable bonds is 4. The molecule has 1 unspecified atom stereocenters. The molecule has 0 amide bonds. The number of hydrogen-bond donors (Lipinski definition) is 1. The third-order valence-electron chi connectivity index (χ3n) is 3.11. The maximum atomic E-state index is 13.7. The molecule has 0 saturated heterocycles. The number of tetrazole rings is 1. The van der Waals surface area contributed by atoms with Crippen molar-refractivity contribution in [3.8, 4) is 5.75 Å². The van der Waals surface area contributed by atoms with Gasteiger partial charge in [-0.25, -0.2) is 4.39 Å². The number of benzene rings is 1. The number of fused-ring (bicyclic) bond motifs is 1. The fourth-order valence-corrected chi connectivity index (χ4v) is 1.98. The molecule has 0 aliphatic rings. The van der Waals surface area contributed by atoms with Crippen molar-refractivity contribution in [2.45, 2.75) is 13.0 Å². The predicted octanol–water partition coefficient (Wildman–Crippen LogP) is 1.84. The smallest absolute Gasteiger partial charge is 0.200 e. The van der Waals surface area contributed by atoms with Gasteiger partial charge in [-0.15, -0.1) is 14.8 Å². The largest absolute Gasteiger partial charge is 0.494 e. The summed E-state index contributed by atoms with van der Waals surface area (Å²) in [5.74, 6) is 0.422. The molecule has 7 nitrogen and oxygen atoms in total. The Morgan fingerprint density at radius 3 is 2.90 bits per heavy atom. The molecular weight excluding hydrogens is 275 g/mol. The molecule has 2 aromatic heterocycles. The number of aromatic nitrogens is 5. The van der Waals surface area contributed by atoms with Crippen LogP contribution in [-0.4, -0.2) is 32.4 Å². The highest BCUT2D eigenvalue weighted by Gasteiger charge is 2.11. The van der Waals surface area contributed by atoms with Crippen LogP contribution in [0, 0.1) is 5.82 Å². The summed E-state index contributed by atoms with van der Waals surface area (Å²) >= 11 is 0. The highest BCUT2D eigenvalue weighted by Crippen LogP contribution is 2.23. The Hall–Kier alpha value is -2.77. The number of methoxy groups -OCH3 is 1. The van der Waals surface area contributed by atoms with Crippen LogP contribution in [0.5, 0.6) is 5.75 Å². The lowest BCUT2D eigenvalue weighted by Crippen LogP contribution is -2.10. The molecule has 2 heterocycles. The van der Waals surface area contributed by atoms with Gasteiger partial charge >= 0.3 is 0 Å². The Morgan fingerprint density at radius 2 is 2.14 bits per heavy atom. The van der Waals surface area contributed by atoms with Crippen LogP contribution in [0.25, 0.3) is 5.65 Å². The summed E-state index contributed by atoms with van der Waals surface area (Å²) in [5.41, 5.74) is 1.34. The van der Waals surface area contributed by atoms with Crippen molar-refractivity contribution in [2.24, 2.45) is 0 Å². The van der Waals surface area contributed by atoms with Gasteiger partial charge in [-0.3, -0.25) is 0 Å². The van der Waals surface area contributed by atoms with Gasteiger partial charge in [-0.05, 0) is 47.2 Å². The van der Waals surface area contributed by atoms with E-state index in [1.54, 1.807) is 24.3 Å². The van der Waals surface area contributed by atoms with Crippen LogP contribution in [0.1, 0.15) is 18.5 Å². The number of ether oxygens (including phenoxy) is 1. The van der Waals surface area contributed by atoms with Crippen molar-refractivity contribution >= 4 is 11.5 Å². The van der Waals surface area contributed by atoms with Gasteiger partial charge in [0.25, 0.3) is 0 Å². The molecule has 0 aliphatic carbocycles. The number of nitrogens with zero attached hydrogens (tertiary/aromatic N) is 5. The molecule has 8 heteroatoms. The summed E-state index contributed by atoms with van der Waals surface area (Å²) in [6, 6.07) is 8.22. The Morgan fingerprint density at radius 1 is 1.29 bits per heavy atom. The van der Waals surface area contributed by atoms with Gasteiger partial charge in [-0.2, -0.15) is 0 Å². The van der Waals surface area contributed by atoms with E-state index in [0.29, 0.717) is 11.5 Å². The predicted molar refractivity (Wildman–Crippen MR) is 73.6 cm³/mol. The molecule has 1 atom stereocenters. The second-order valence-corrected chi connectivity index (χ2v) is 4.51. The molecule has 0 radical (unpaired) electrons. The summed E-state index contributed by atoms with van der Waals surface area (Å²) in [6.07, 6.45) is 0. The molecule has 21 heavy (non-hydrogen) atoms.